The van der Waals surface area contributed by atoms with Gasteiger partial charge in [0.15, 0.2) is 0 Å². The molecule has 0 saturated carbocycles. The van der Waals surface area contributed by atoms with Crippen LogP contribution in [0.4, 0.5) is 5.69 Å². The van der Waals surface area contributed by atoms with Gasteiger partial charge in [-0.2, -0.15) is 5.10 Å². The van der Waals surface area contributed by atoms with E-state index in [0.717, 1.165) is 19.2 Å². The molecule has 0 aliphatic rings. The highest BCUT2D eigenvalue weighted by Crippen LogP contribution is 2.25. The predicted molar refractivity (Wildman–Crippen MR) is 120 cm³/mol. The minimum absolute atomic E-state index is 0.105. The van der Waals surface area contributed by atoms with Gasteiger partial charge >= 0.3 is 0 Å². The summed E-state index contributed by atoms with van der Waals surface area (Å²) in [6.07, 6.45) is 1.55. The maximum Gasteiger partial charge on any atom is 0.264 e. The molecule has 29 heavy (non-hydrogen) atoms. The van der Waals surface area contributed by atoms with Crippen molar-refractivity contribution in [3.05, 3.63) is 81.0 Å². The largest absolute Gasteiger partial charge is 0.271 e. The third-order valence-corrected chi connectivity index (χ3v) is 7.28. The molecular weight excluding hydrogens is 474 g/mol. The zero-order valence-corrected chi connectivity index (χ0v) is 18.7. The number of hydrazone groups is 1. The summed E-state index contributed by atoms with van der Waals surface area (Å²) in [7, 11) is -3.93. The molecule has 0 atom stereocenters. The van der Waals surface area contributed by atoms with E-state index in [1.807, 2.05) is 18.4 Å². The minimum atomic E-state index is -3.93. The zero-order chi connectivity index (χ0) is 20.9. The number of anilines is 1. The summed E-state index contributed by atoms with van der Waals surface area (Å²) in [6, 6.07) is 16.7. The zero-order valence-electron chi connectivity index (χ0n) is 15.4. The van der Waals surface area contributed by atoms with Gasteiger partial charge in [-0.05, 0) is 60.3 Å². The summed E-state index contributed by atoms with van der Waals surface area (Å²) in [5.41, 5.74) is 3.84. The first-order valence-electron chi connectivity index (χ1n) is 8.57. The number of benzene rings is 2. The van der Waals surface area contributed by atoms with E-state index in [0.29, 0.717) is 5.69 Å². The Hall–Kier alpha value is -2.49. The summed E-state index contributed by atoms with van der Waals surface area (Å²) in [5, 5.41) is 5.88. The average Bonchev–Trinajstić information content (AvgIpc) is 3.12. The second-order valence-corrected chi connectivity index (χ2v) is 9.79. The van der Waals surface area contributed by atoms with Gasteiger partial charge in [0, 0.05) is 9.35 Å². The predicted octanol–water partition coefficient (Wildman–Crippen LogP) is 4.16. The molecule has 6 nitrogen and oxygen atoms in total. The molecule has 9 heteroatoms. The molecule has 1 amide bonds. The van der Waals surface area contributed by atoms with Gasteiger partial charge in [-0.3, -0.25) is 9.10 Å². The number of aryl methyl sites for hydroxylation is 1. The van der Waals surface area contributed by atoms with Gasteiger partial charge in [-0.1, -0.05) is 34.1 Å². The Morgan fingerprint density at radius 1 is 1.14 bits per heavy atom. The van der Waals surface area contributed by atoms with Crippen LogP contribution in [0.1, 0.15) is 10.4 Å². The van der Waals surface area contributed by atoms with Crippen LogP contribution in [0.15, 0.2) is 80.5 Å². The molecule has 0 saturated heterocycles. The smallest absolute Gasteiger partial charge is 0.264 e. The third kappa shape index (κ3) is 5.31. The molecule has 150 valence electrons. The van der Waals surface area contributed by atoms with E-state index in [4.69, 9.17) is 0 Å². The van der Waals surface area contributed by atoms with Crippen molar-refractivity contribution in [1.29, 1.82) is 0 Å². The Balaban J connectivity index is 1.83. The van der Waals surface area contributed by atoms with Crippen LogP contribution in [-0.2, 0) is 14.8 Å². The minimum Gasteiger partial charge on any atom is -0.271 e. The van der Waals surface area contributed by atoms with Crippen molar-refractivity contribution in [2.24, 2.45) is 5.10 Å². The number of thiophene rings is 1. The lowest BCUT2D eigenvalue weighted by Crippen LogP contribution is -2.39. The quantitative estimate of drug-likeness (QED) is 0.397. The van der Waals surface area contributed by atoms with E-state index in [1.54, 1.807) is 48.7 Å². The molecule has 2 aromatic carbocycles. The van der Waals surface area contributed by atoms with Crippen LogP contribution in [0.25, 0.3) is 0 Å². The number of carbonyl (C=O) groups is 1. The molecule has 0 aliphatic carbocycles. The first-order valence-corrected chi connectivity index (χ1v) is 11.7. The van der Waals surface area contributed by atoms with Crippen molar-refractivity contribution in [2.45, 2.75) is 11.8 Å². The van der Waals surface area contributed by atoms with Crippen LogP contribution >= 0.6 is 27.3 Å². The van der Waals surface area contributed by atoms with Crippen molar-refractivity contribution in [3.8, 4) is 0 Å². The fourth-order valence-corrected chi connectivity index (χ4v) is 4.98. The fourth-order valence-electron chi connectivity index (χ4n) is 2.49. The molecular formula is C20H18BrN3O3S2. The van der Waals surface area contributed by atoms with Crippen molar-refractivity contribution >= 4 is 55.1 Å². The Bertz CT molecular complexity index is 1110. The lowest BCUT2D eigenvalue weighted by atomic mass is 10.3. The Morgan fingerprint density at radius 2 is 1.83 bits per heavy atom. The van der Waals surface area contributed by atoms with Crippen LogP contribution in [0.2, 0.25) is 0 Å². The maximum absolute atomic E-state index is 13.2. The highest BCUT2D eigenvalue weighted by Gasteiger charge is 2.27. The second-order valence-electron chi connectivity index (χ2n) is 6.06. The Labute approximate surface area is 182 Å². The molecule has 1 N–H and O–H groups in total. The number of carbonyl (C=O) groups excluding carboxylic acids is 1. The molecule has 0 fully saturated rings. The molecule has 1 heterocycles. The number of hydrogen-bond acceptors (Lipinski definition) is 5. The molecule has 3 aromatic rings. The normalized spacial score (nSPS) is 11.5. The summed E-state index contributed by atoms with van der Waals surface area (Å²) in [5.74, 6) is -0.544. The molecule has 1 aromatic heterocycles. The van der Waals surface area contributed by atoms with Crippen LogP contribution in [-0.4, -0.2) is 27.1 Å². The summed E-state index contributed by atoms with van der Waals surface area (Å²) >= 11 is 4.84. The van der Waals surface area contributed by atoms with Gasteiger partial charge in [0.25, 0.3) is 15.9 Å². The lowest BCUT2D eigenvalue weighted by Gasteiger charge is -2.23. The van der Waals surface area contributed by atoms with Gasteiger partial charge in [0.1, 0.15) is 6.54 Å². The molecule has 0 bridgehead atoms. The summed E-state index contributed by atoms with van der Waals surface area (Å²) in [6.45, 7) is 1.54. The fraction of sp³-hybridized carbons (Fsp3) is 0.100. The summed E-state index contributed by atoms with van der Waals surface area (Å²) < 4.78 is 28.2. The first kappa shape index (κ1) is 21.2. The van der Waals surface area contributed by atoms with Gasteiger partial charge in [0.2, 0.25) is 0 Å². The molecule has 0 radical (unpaired) electrons. The van der Waals surface area contributed by atoms with Crippen LogP contribution in [0, 0.1) is 6.92 Å². The molecule has 3 rings (SSSR count). The Morgan fingerprint density at radius 3 is 2.45 bits per heavy atom. The van der Waals surface area contributed by atoms with Gasteiger partial charge in [-0.15, -0.1) is 11.3 Å². The van der Waals surface area contributed by atoms with Crippen LogP contribution in [0.3, 0.4) is 0 Å². The number of halogens is 1. The second kappa shape index (κ2) is 9.34. The molecule has 0 spiro atoms. The van der Waals surface area contributed by atoms with E-state index in [9.17, 15) is 13.2 Å². The number of nitrogens with zero attached hydrogens (tertiary/aromatic N) is 2. The van der Waals surface area contributed by atoms with E-state index >= 15 is 0 Å². The van der Waals surface area contributed by atoms with Crippen LogP contribution in [0.5, 0.6) is 0 Å². The monoisotopic (exact) mass is 491 g/mol. The van der Waals surface area contributed by atoms with Gasteiger partial charge in [0.05, 0.1) is 16.8 Å². The van der Waals surface area contributed by atoms with Crippen molar-refractivity contribution in [3.63, 3.8) is 0 Å². The highest BCUT2D eigenvalue weighted by atomic mass is 79.9. The standard InChI is InChI=1S/C20H18BrN3O3S2/c1-15-11-12-28-19(15)13-22-23-20(25)14-24(17-9-7-16(21)8-10-17)29(26,27)18-5-3-2-4-6-18/h2-13H,14H2,1H3,(H,23,25)/b22-13-. The summed E-state index contributed by atoms with van der Waals surface area (Å²) in [4.78, 5) is 13.5. The first-order chi connectivity index (χ1) is 13.9. The Kier molecular flexibility index (Phi) is 6.83. The number of nitrogens with one attached hydrogen (secondary N) is 1. The SMILES string of the molecule is Cc1ccsc1/C=N\NC(=O)CN(c1ccc(Br)cc1)S(=O)(=O)c1ccccc1. The lowest BCUT2D eigenvalue weighted by molar-refractivity contribution is -0.119. The molecule has 0 unspecified atom stereocenters. The maximum atomic E-state index is 13.2. The topological polar surface area (TPSA) is 78.8 Å². The number of sulfonamides is 1. The van der Waals surface area contributed by atoms with Gasteiger partial charge < -0.3 is 0 Å². The van der Waals surface area contributed by atoms with Crippen molar-refractivity contribution in [2.75, 3.05) is 10.8 Å². The van der Waals surface area contributed by atoms with E-state index in [-0.39, 0.29) is 4.90 Å². The number of rotatable bonds is 7. The number of hydrogen-bond donors (Lipinski definition) is 1. The molecule has 0 aliphatic heterocycles. The third-order valence-electron chi connectivity index (χ3n) is 4.01. The van der Waals surface area contributed by atoms with E-state index in [2.05, 4.69) is 26.5 Å². The van der Waals surface area contributed by atoms with E-state index < -0.39 is 22.5 Å². The highest BCUT2D eigenvalue weighted by molar-refractivity contribution is 9.10. The average molecular weight is 492 g/mol. The number of amides is 1. The van der Waals surface area contributed by atoms with Crippen molar-refractivity contribution < 1.29 is 13.2 Å². The van der Waals surface area contributed by atoms with Gasteiger partial charge in [-0.25, -0.2) is 13.8 Å². The van der Waals surface area contributed by atoms with Crippen molar-refractivity contribution in [1.82, 2.24) is 5.43 Å². The van der Waals surface area contributed by atoms with Crippen LogP contribution < -0.4 is 9.73 Å². The van der Waals surface area contributed by atoms with E-state index in [1.165, 1.54) is 23.5 Å².